The summed E-state index contributed by atoms with van der Waals surface area (Å²) in [7, 11) is 0. The van der Waals surface area contributed by atoms with Crippen LogP contribution in [0.15, 0.2) is 33.8 Å². The molecule has 5 nitrogen and oxygen atoms in total. The second kappa shape index (κ2) is 5.70. The predicted octanol–water partition coefficient (Wildman–Crippen LogP) is 3.93. The van der Waals surface area contributed by atoms with Gasteiger partial charge in [0.15, 0.2) is 0 Å². The van der Waals surface area contributed by atoms with Gasteiger partial charge in [0.25, 0.3) is 0 Å². The van der Waals surface area contributed by atoms with Gasteiger partial charge < -0.3 is 9.67 Å². The largest absolute Gasteiger partial charge is 0.508 e. The second-order valence-corrected chi connectivity index (χ2v) is 6.29. The van der Waals surface area contributed by atoms with E-state index in [2.05, 4.69) is 19.5 Å². The van der Waals surface area contributed by atoms with E-state index in [9.17, 15) is 5.11 Å². The van der Waals surface area contributed by atoms with Crippen LogP contribution < -0.4 is 0 Å². The minimum atomic E-state index is -0.154. The number of aliphatic imine (C=N–C) groups is 2. The quantitative estimate of drug-likeness (QED) is 0.851. The van der Waals surface area contributed by atoms with Crippen molar-refractivity contribution in [3.8, 4) is 5.75 Å². The summed E-state index contributed by atoms with van der Waals surface area (Å²) >= 11 is 5.11. The molecule has 0 radical (unpaired) electrons. The maximum atomic E-state index is 9.88. The van der Waals surface area contributed by atoms with Gasteiger partial charge in [0.05, 0.1) is 11.0 Å². The Kier molecular flexibility index (Phi) is 3.85. The van der Waals surface area contributed by atoms with Crippen LogP contribution in [0.3, 0.4) is 0 Å². The lowest BCUT2D eigenvalue weighted by atomic mass is 10.1. The third-order valence-corrected chi connectivity index (χ3v) is 3.89. The van der Waals surface area contributed by atoms with Gasteiger partial charge in [-0.1, -0.05) is 5.57 Å². The molecule has 118 valence electrons. The molecule has 0 aliphatic carbocycles. The second-order valence-electron chi connectivity index (χ2n) is 5.93. The third kappa shape index (κ3) is 2.82. The average molecular weight is 326 g/mol. The number of hydrogen-bond acceptors (Lipinski definition) is 3. The maximum Gasteiger partial charge on any atom is 0.219 e. The van der Waals surface area contributed by atoms with Crippen molar-refractivity contribution in [3.63, 3.8) is 0 Å². The van der Waals surface area contributed by atoms with Crippen molar-refractivity contribution in [1.29, 1.82) is 0 Å². The van der Waals surface area contributed by atoms with Crippen molar-refractivity contribution in [1.82, 2.24) is 9.55 Å². The Bertz CT molecular complexity index is 879. The molecular weight excluding hydrogens is 308 g/mol. The van der Waals surface area contributed by atoms with Crippen LogP contribution in [0.5, 0.6) is 5.75 Å². The molecule has 0 amide bonds. The molecule has 1 aromatic carbocycles. The zero-order chi connectivity index (χ0) is 16.7. The third-order valence-electron chi connectivity index (χ3n) is 3.71. The van der Waals surface area contributed by atoms with Crippen molar-refractivity contribution in [2.24, 2.45) is 9.98 Å². The van der Waals surface area contributed by atoms with E-state index in [-0.39, 0.29) is 11.8 Å². The van der Waals surface area contributed by atoms with Crippen molar-refractivity contribution in [3.05, 3.63) is 29.6 Å². The molecule has 1 N–H and O–H groups in total. The topological polar surface area (TPSA) is 62.8 Å². The molecule has 0 saturated carbocycles. The first-order chi connectivity index (χ1) is 10.9. The molecule has 0 unspecified atom stereocenters. The lowest BCUT2D eigenvalue weighted by Gasteiger charge is -2.24. The smallest absolute Gasteiger partial charge is 0.219 e. The number of hydrogen-bond donors (Lipinski definition) is 1. The molecule has 0 fully saturated rings. The average Bonchev–Trinajstić information content (AvgIpc) is 2.75. The first kappa shape index (κ1) is 15.6. The molecule has 1 aliphatic heterocycles. The summed E-state index contributed by atoms with van der Waals surface area (Å²) in [6.45, 7) is 7.93. The van der Waals surface area contributed by atoms with Crippen molar-refractivity contribution in [2.45, 2.75) is 33.7 Å². The van der Waals surface area contributed by atoms with Crippen LogP contribution in [0, 0.1) is 0 Å². The number of thiocarbonyl (C=S) groups is 1. The van der Waals surface area contributed by atoms with Gasteiger partial charge in [-0.15, -0.1) is 0 Å². The number of fused-ring (bicyclic) bond motifs is 1. The molecular formula is C17H18N4OS. The molecule has 3 rings (SSSR count). The molecule has 1 aliphatic rings. The minimum absolute atomic E-state index is 0.154. The molecule has 0 saturated heterocycles. The molecule has 0 atom stereocenters. The maximum absolute atomic E-state index is 9.88. The van der Waals surface area contributed by atoms with Crippen LogP contribution in [0.1, 0.15) is 39.6 Å². The Morgan fingerprint density at radius 3 is 2.48 bits per heavy atom. The van der Waals surface area contributed by atoms with E-state index >= 15 is 0 Å². The summed E-state index contributed by atoms with van der Waals surface area (Å²) in [6.07, 6.45) is 2.02. The number of rotatable bonds is 2. The van der Waals surface area contributed by atoms with Gasteiger partial charge in [0, 0.05) is 17.5 Å². The Morgan fingerprint density at radius 2 is 1.87 bits per heavy atom. The van der Waals surface area contributed by atoms with E-state index in [1.807, 2.05) is 39.8 Å². The van der Waals surface area contributed by atoms with Crippen molar-refractivity contribution >= 4 is 45.9 Å². The number of allylic oxidation sites excluding steroid dienone is 1. The highest BCUT2D eigenvalue weighted by molar-refractivity contribution is 7.80. The SMILES string of the molecule is CC(C)=Cc1nc2ccc(O)cc2n1C1C(C)=NC(=S)N=C1C. The number of imidazole rings is 1. The van der Waals surface area contributed by atoms with E-state index in [0.717, 1.165) is 33.9 Å². The summed E-state index contributed by atoms with van der Waals surface area (Å²) in [5, 5.41) is 10.2. The zero-order valence-corrected chi connectivity index (χ0v) is 14.3. The number of aromatic hydroxyl groups is 1. The fourth-order valence-electron chi connectivity index (χ4n) is 2.86. The van der Waals surface area contributed by atoms with Gasteiger partial charge in [0.1, 0.15) is 17.6 Å². The summed E-state index contributed by atoms with van der Waals surface area (Å²) in [5.74, 6) is 1.02. The number of benzene rings is 1. The molecule has 1 aromatic heterocycles. The fraction of sp³-hybridized carbons (Fsp3) is 0.294. The molecule has 0 bridgehead atoms. The van der Waals surface area contributed by atoms with Gasteiger partial charge >= 0.3 is 0 Å². The molecule has 0 spiro atoms. The highest BCUT2D eigenvalue weighted by Crippen LogP contribution is 2.29. The van der Waals surface area contributed by atoms with Crippen LogP contribution in [0.4, 0.5) is 0 Å². The van der Waals surface area contributed by atoms with Gasteiger partial charge in [-0.25, -0.2) is 15.0 Å². The van der Waals surface area contributed by atoms with E-state index < -0.39 is 0 Å². The number of phenolic OH excluding ortho intramolecular Hbond substituents is 1. The molecule has 23 heavy (non-hydrogen) atoms. The molecule has 2 aromatic rings. The van der Waals surface area contributed by atoms with E-state index in [0.29, 0.717) is 5.11 Å². The fourth-order valence-corrected chi connectivity index (χ4v) is 3.14. The van der Waals surface area contributed by atoms with E-state index in [1.165, 1.54) is 0 Å². The summed E-state index contributed by atoms with van der Waals surface area (Å²) in [4.78, 5) is 13.4. The van der Waals surface area contributed by atoms with Gasteiger partial charge in [-0.3, -0.25) is 0 Å². The number of aromatic nitrogens is 2. The standard InChI is InChI=1S/C17H18N4OS/c1-9(2)7-15-20-13-6-5-12(22)8-14(13)21(15)16-10(3)18-17(23)19-11(16)4/h5-8,16,22H,1-4H3. The van der Waals surface area contributed by atoms with E-state index in [1.54, 1.807) is 12.1 Å². The van der Waals surface area contributed by atoms with Crippen LogP contribution in [0.2, 0.25) is 0 Å². The van der Waals surface area contributed by atoms with Gasteiger partial charge in [-0.05, 0) is 58.1 Å². The number of nitrogens with zero attached hydrogens (tertiary/aromatic N) is 4. The Hall–Kier alpha value is -2.34. The van der Waals surface area contributed by atoms with Crippen LogP contribution in [-0.2, 0) is 0 Å². The van der Waals surface area contributed by atoms with Crippen LogP contribution >= 0.6 is 12.2 Å². The number of phenols is 1. The first-order valence-corrected chi connectivity index (χ1v) is 7.78. The highest BCUT2D eigenvalue weighted by Gasteiger charge is 2.26. The highest BCUT2D eigenvalue weighted by atomic mass is 32.1. The van der Waals surface area contributed by atoms with Crippen LogP contribution in [0.25, 0.3) is 17.1 Å². The Labute approximate surface area is 140 Å². The predicted molar refractivity (Wildman–Crippen MR) is 98.6 cm³/mol. The first-order valence-electron chi connectivity index (χ1n) is 7.37. The lowest BCUT2D eigenvalue weighted by molar-refractivity contribution is 0.476. The normalized spacial score (nSPS) is 15.6. The summed E-state index contributed by atoms with van der Waals surface area (Å²) in [5.41, 5.74) is 4.55. The zero-order valence-electron chi connectivity index (χ0n) is 13.5. The van der Waals surface area contributed by atoms with Crippen molar-refractivity contribution < 1.29 is 5.11 Å². The molecule has 6 heteroatoms. The Balaban J connectivity index is 2.32. The monoisotopic (exact) mass is 326 g/mol. The Morgan fingerprint density at radius 1 is 1.22 bits per heavy atom. The summed E-state index contributed by atoms with van der Waals surface area (Å²) < 4.78 is 2.06. The lowest BCUT2D eigenvalue weighted by Crippen LogP contribution is -2.29. The minimum Gasteiger partial charge on any atom is -0.508 e. The van der Waals surface area contributed by atoms with Gasteiger partial charge in [0.2, 0.25) is 5.11 Å². The molecule has 2 heterocycles. The van der Waals surface area contributed by atoms with Crippen LogP contribution in [-0.4, -0.2) is 31.2 Å². The van der Waals surface area contributed by atoms with Gasteiger partial charge in [-0.2, -0.15) is 0 Å². The van der Waals surface area contributed by atoms with E-state index in [4.69, 9.17) is 12.2 Å². The summed E-state index contributed by atoms with van der Waals surface area (Å²) in [6, 6.07) is 5.02. The van der Waals surface area contributed by atoms with Crippen molar-refractivity contribution in [2.75, 3.05) is 0 Å².